The Morgan fingerprint density at radius 2 is 1.77 bits per heavy atom. The molecule has 158 valence electrons. The van der Waals surface area contributed by atoms with Crippen molar-refractivity contribution < 1.29 is 27.1 Å². The van der Waals surface area contributed by atoms with Gasteiger partial charge in [0.05, 0.1) is 5.75 Å². The molecular weight excluding hydrogens is 424 g/mol. The number of carbonyl (C=O) groups is 1. The van der Waals surface area contributed by atoms with E-state index in [2.05, 4.69) is 10.2 Å². The Hall–Kier alpha value is -3.08. The van der Waals surface area contributed by atoms with Crippen molar-refractivity contribution in [2.75, 3.05) is 12.3 Å². The molecule has 3 rings (SSSR count). The van der Waals surface area contributed by atoms with Crippen molar-refractivity contribution in [3.8, 4) is 11.4 Å². The van der Waals surface area contributed by atoms with E-state index in [4.69, 9.17) is 4.74 Å². The van der Waals surface area contributed by atoms with Crippen molar-refractivity contribution in [3.63, 3.8) is 0 Å². The number of hydrogen-bond donors (Lipinski definition) is 1. The summed E-state index contributed by atoms with van der Waals surface area (Å²) in [6.07, 6.45) is -4.48. The number of alkyl halides is 3. The quantitative estimate of drug-likeness (QED) is 0.427. The lowest BCUT2D eigenvalue weighted by atomic mass is 10.3. The molecule has 0 saturated carbocycles. The maximum absolute atomic E-state index is 13.8. The maximum Gasteiger partial charge on any atom is 0.405 e. The van der Waals surface area contributed by atoms with Gasteiger partial charge in [0, 0.05) is 5.69 Å². The smallest absolute Gasteiger partial charge is 0.405 e. The number of halogens is 4. The van der Waals surface area contributed by atoms with Crippen LogP contribution in [-0.4, -0.2) is 39.1 Å². The van der Waals surface area contributed by atoms with E-state index in [0.717, 1.165) is 11.8 Å². The Morgan fingerprint density at radius 3 is 2.47 bits per heavy atom. The summed E-state index contributed by atoms with van der Waals surface area (Å²) in [6.45, 7) is -1.51. The molecular formula is C19H16F4N4O2S. The van der Waals surface area contributed by atoms with Gasteiger partial charge >= 0.3 is 6.18 Å². The molecule has 0 unspecified atom stereocenters. The van der Waals surface area contributed by atoms with E-state index in [9.17, 15) is 22.4 Å². The summed E-state index contributed by atoms with van der Waals surface area (Å²) < 4.78 is 57.6. The molecule has 0 aliphatic heterocycles. The minimum Gasteiger partial charge on any atom is -0.483 e. The third-order valence-electron chi connectivity index (χ3n) is 3.73. The minimum absolute atomic E-state index is 0.0424. The first-order valence-electron chi connectivity index (χ1n) is 8.67. The maximum atomic E-state index is 13.8. The number of nitrogens with zero attached hydrogens (tertiary/aromatic N) is 3. The fourth-order valence-corrected chi connectivity index (χ4v) is 3.21. The second-order valence-corrected chi connectivity index (χ2v) is 6.91. The van der Waals surface area contributed by atoms with Crippen molar-refractivity contribution in [2.24, 2.45) is 0 Å². The molecule has 0 spiro atoms. The summed E-state index contributed by atoms with van der Waals surface area (Å²) >= 11 is 0.927. The normalized spacial score (nSPS) is 11.3. The average molecular weight is 440 g/mol. The molecule has 0 atom stereocenters. The summed E-state index contributed by atoms with van der Waals surface area (Å²) in [5.41, 5.74) is 0.660. The molecule has 30 heavy (non-hydrogen) atoms. The second-order valence-electron chi connectivity index (χ2n) is 5.97. The van der Waals surface area contributed by atoms with Gasteiger partial charge in [-0.2, -0.15) is 13.2 Å². The Kier molecular flexibility index (Phi) is 6.93. The number of aromatic nitrogens is 3. The zero-order valence-electron chi connectivity index (χ0n) is 15.4. The van der Waals surface area contributed by atoms with Gasteiger partial charge < -0.3 is 10.1 Å². The summed E-state index contributed by atoms with van der Waals surface area (Å²) in [5.74, 6) is -1.22. The molecule has 0 bridgehead atoms. The van der Waals surface area contributed by atoms with Crippen LogP contribution in [0.2, 0.25) is 0 Å². The zero-order valence-corrected chi connectivity index (χ0v) is 16.2. The first-order chi connectivity index (χ1) is 14.3. The third-order valence-corrected chi connectivity index (χ3v) is 4.66. The van der Waals surface area contributed by atoms with E-state index in [0.29, 0.717) is 11.5 Å². The van der Waals surface area contributed by atoms with Crippen LogP contribution in [0.1, 0.15) is 5.82 Å². The van der Waals surface area contributed by atoms with Gasteiger partial charge in [0.2, 0.25) is 5.91 Å². The van der Waals surface area contributed by atoms with Crippen LogP contribution in [0.5, 0.6) is 5.75 Å². The lowest BCUT2D eigenvalue weighted by Crippen LogP contribution is -2.34. The van der Waals surface area contributed by atoms with Crippen LogP contribution in [0, 0.1) is 5.82 Å². The van der Waals surface area contributed by atoms with Gasteiger partial charge in [-0.05, 0) is 24.3 Å². The number of amides is 1. The SMILES string of the molecule is O=C(CSc1nnc(COc2ccccc2F)n1-c1ccccc1)NCC(F)(F)F. The zero-order chi connectivity index (χ0) is 21.6. The minimum atomic E-state index is -4.48. The van der Waals surface area contributed by atoms with Gasteiger partial charge in [-0.3, -0.25) is 9.36 Å². The fraction of sp³-hybridized carbons (Fsp3) is 0.211. The number of para-hydroxylation sites is 2. The molecule has 1 aromatic heterocycles. The first kappa shape index (κ1) is 21.6. The molecule has 11 heteroatoms. The van der Waals surface area contributed by atoms with Crippen LogP contribution in [0.3, 0.4) is 0 Å². The van der Waals surface area contributed by atoms with E-state index < -0.39 is 24.4 Å². The molecule has 2 aromatic carbocycles. The lowest BCUT2D eigenvalue weighted by Gasteiger charge is -2.12. The predicted molar refractivity (Wildman–Crippen MR) is 102 cm³/mol. The topological polar surface area (TPSA) is 69.0 Å². The second kappa shape index (κ2) is 9.61. The highest BCUT2D eigenvalue weighted by atomic mass is 32.2. The summed E-state index contributed by atoms with van der Waals surface area (Å²) in [4.78, 5) is 11.7. The van der Waals surface area contributed by atoms with Crippen LogP contribution >= 0.6 is 11.8 Å². The molecule has 0 saturated heterocycles. The number of thioether (sulfide) groups is 1. The molecule has 0 fully saturated rings. The molecule has 0 aliphatic carbocycles. The van der Waals surface area contributed by atoms with Crippen molar-refractivity contribution >= 4 is 17.7 Å². The fourth-order valence-electron chi connectivity index (χ4n) is 2.41. The summed E-state index contributed by atoms with van der Waals surface area (Å²) in [7, 11) is 0. The molecule has 3 aromatic rings. The van der Waals surface area contributed by atoms with Crippen molar-refractivity contribution in [1.82, 2.24) is 20.1 Å². The first-order valence-corrected chi connectivity index (χ1v) is 9.65. The highest BCUT2D eigenvalue weighted by Crippen LogP contribution is 2.24. The highest BCUT2D eigenvalue weighted by molar-refractivity contribution is 7.99. The van der Waals surface area contributed by atoms with Crippen LogP contribution in [0.25, 0.3) is 5.69 Å². The molecule has 0 aliphatic rings. The van der Waals surface area contributed by atoms with Crippen LogP contribution < -0.4 is 10.1 Å². The number of ether oxygens (including phenoxy) is 1. The van der Waals surface area contributed by atoms with Crippen molar-refractivity contribution in [2.45, 2.75) is 17.9 Å². The standard InChI is InChI=1S/C19H16F4N4O2S/c20-14-8-4-5-9-15(14)29-10-16-25-26-18(27(16)13-6-2-1-3-7-13)30-11-17(28)24-12-19(21,22)23/h1-9H,10-12H2,(H,24,28). The Bertz CT molecular complexity index is 996. The van der Waals surface area contributed by atoms with E-state index in [1.54, 1.807) is 46.3 Å². The van der Waals surface area contributed by atoms with Crippen LogP contribution in [-0.2, 0) is 11.4 Å². The molecule has 1 N–H and O–H groups in total. The lowest BCUT2D eigenvalue weighted by molar-refractivity contribution is -0.136. The molecule has 1 heterocycles. The van der Waals surface area contributed by atoms with Crippen molar-refractivity contribution in [3.05, 3.63) is 66.2 Å². The van der Waals surface area contributed by atoms with Crippen LogP contribution in [0.4, 0.5) is 17.6 Å². The van der Waals surface area contributed by atoms with Gasteiger partial charge in [0.25, 0.3) is 0 Å². The Morgan fingerprint density at radius 1 is 1.07 bits per heavy atom. The molecule has 1 amide bonds. The Labute approximate surface area is 173 Å². The van der Waals surface area contributed by atoms with Crippen molar-refractivity contribution in [1.29, 1.82) is 0 Å². The van der Waals surface area contributed by atoms with Gasteiger partial charge in [-0.15, -0.1) is 10.2 Å². The molecule has 6 nitrogen and oxygen atoms in total. The van der Waals surface area contributed by atoms with Gasteiger partial charge in [-0.1, -0.05) is 42.1 Å². The van der Waals surface area contributed by atoms with E-state index in [1.807, 2.05) is 0 Å². The summed E-state index contributed by atoms with van der Waals surface area (Å²) in [6, 6.07) is 14.8. The average Bonchev–Trinajstić information content (AvgIpc) is 3.13. The monoisotopic (exact) mass is 440 g/mol. The number of hydrogen-bond acceptors (Lipinski definition) is 5. The van der Waals surface area contributed by atoms with Gasteiger partial charge in [0.15, 0.2) is 22.5 Å². The van der Waals surface area contributed by atoms with Gasteiger partial charge in [-0.25, -0.2) is 4.39 Å². The highest BCUT2D eigenvalue weighted by Gasteiger charge is 2.27. The van der Waals surface area contributed by atoms with Gasteiger partial charge in [0.1, 0.15) is 13.2 Å². The third kappa shape index (κ3) is 5.96. The largest absolute Gasteiger partial charge is 0.483 e. The van der Waals surface area contributed by atoms with Crippen LogP contribution in [0.15, 0.2) is 59.8 Å². The van der Waals surface area contributed by atoms with E-state index >= 15 is 0 Å². The number of nitrogens with one attached hydrogen (secondary N) is 1. The number of rotatable bonds is 8. The Balaban J connectivity index is 1.75. The van der Waals surface area contributed by atoms with E-state index in [-0.39, 0.29) is 23.3 Å². The number of carbonyl (C=O) groups excluding carboxylic acids is 1. The number of benzene rings is 2. The molecule has 0 radical (unpaired) electrons. The predicted octanol–water partition coefficient (Wildman–Crippen LogP) is 3.76. The summed E-state index contributed by atoms with van der Waals surface area (Å²) in [5, 5.41) is 10.1. The van der Waals surface area contributed by atoms with E-state index in [1.165, 1.54) is 18.2 Å².